The first kappa shape index (κ1) is 19.8. The van der Waals surface area contributed by atoms with E-state index in [1.54, 1.807) is 12.1 Å². The molecule has 7 nitrogen and oxygen atoms in total. The lowest BCUT2D eigenvalue weighted by Gasteiger charge is -2.11. The van der Waals surface area contributed by atoms with E-state index >= 15 is 0 Å². The average molecular weight is 420 g/mol. The van der Waals surface area contributed by atoms with E-state index in [1.807, 2.05) is 50.2 Å². The van der Waals surface area contributed by atoms with E-state index in [9.17, 15) is 9.59 Å². The van der Waals surface area contributed by atoms with Gasteiger partial charge in [0.25, 0.3) is 5.56 Å². The van der Waals surface area contributed by atoms with Gasteiger partial charge < -0.3 is 10.1 Å². The maximum atomic E-state index is 12.9. The van der Waals surface area contributed by atoms with Crippen LogP contribution in [-0.4, -0.2) is 26.4 Å². The standard InChI is InChI=1S/C22H20N4O3S/c1-3-29-17-10-5-4-9-16(17)24-18(27)12-26-13-23-20-19(25-30-21(20)22(26)28)15-8-6-7-14(2)11-15/h4-11,13H,3,12H2,1-2H3,(H,24,27). The zero-order valence-corrected chi connectivity index (χ0v) is 17.4. The third-order valence-electron chi connectivity index (χ3n) is 4.52. The largest absolute Gasteiger partial charge is 0.492 e. The number of aromatic nitrogens is 3. The van der Waals surface area contributed by atoms with Gasteiger partial charge in [0, 0.05) is 5.56 Å². The number of carbonyl (C=O) groups excluding carboxylic acids is 1. The Balaban J connectivity index is 1.59. The van der Waals surface area contributed by atoms with Gasteiger partial charge in [0.05, 0.1) is 18.6 Å². The zero-order chi connectivity index (χ0) is 21.1. The zero-order valence-electron chi connectivity index (χ0n) is 16.6. The molecule has 4 aromatic rings. The molecular weight excluding hydrogens is 400 g/mol. The molecule has 1 N–H and O–H groups in total. The second-order valence-corrected chi connectivity index (χ2v) is 7.51. The number of carbonyl (C=O) groups is 1. The summed E-state index contributed by atoms with van der Waals surface area (Å²) in [4.78, 5) is 29.8. The second-order valence-electron chi connectivity index (χ2n) is 6.73. The summed E-state index contributed by atoms with van der Waals surface area (Å²) in [5, 5.41) is 2.79. The lowest BCUT2D eigenvalue weighted by atomic mass is 10.1. The van der Waals surface area contributed by atoms with Crippen LogP contribution in [0.5, 0.6) is 5.75 Å². The molecule has 0 saturated heterocycles. The van der Waals surface area contributed by atoms with Crippen LogP contribution in [0.15, 0.2) is 59.7 Å². The Kier molecular flexibility index (Phi) is 5.58. The second kappa shape index (κ2) is 8.46. The smallest absolute Gasteiger partial charge is 0.273 e. The molecule has 0 aliphatic carbocycles. The van der Waals surface area contributed by atoms with Gasteiger partial charge >= 0.3 is 0 Å². The monoisotopic (exact) mass is 420 g/mol. The highest BCUT2D eigenvalue weighted by Gasteiger charge is 2.16. The first-order chi connectivity index (χ1) is 14.6. The normalized spacial score (nSPS) is 10.9. The van der Waals surface area contributed by atoms with E-state index in [1.165, 1.54) is 10.9 Å². The Hall–Kier alpha value is -3.52. The minimum absolute atomic E-state index is 0.153. The highest BCUT2D eigenvalue weighted by Crippen LogP contribution is 2.28. The summed E-state index contributed by atoms with van der Waals surface area (Å²) in [6.07, 6.45) is 1.40. The van der Waals surface area contributed by atoms with Gasteiger partial charge in [-0.15, -0.1) is 0 Å². The van der Waals surface area contributed by atoms with Gasteiger partial charge in [-0.05, 0) is 43.6 Å². The molecule has 0 spiro atoms. The van der Waals surface area contributed by atoms with E-state index in [-0.39, 0.29) is 18.0 Å². The van der Waals surface area contributed by atoms with E-state index in [0.717, 1.165) is 22.7 Å². The Morgan fingerprint density at radius 3 is 2.83 bits per heavy atom. The van der Waals surface area contributed by atoms with Crippen molar-refractivity contribution in [3.63, 3.8) is 0 Å². The number of fused-ring (bicyclic) bond motifs is 1. The fourth-order valence-corrected chi connectivity index (χ4v) is 3.95. The molecule has 4 rings (SSSR count). The van der Waals surface area contributed by atoms with Crippen molar-refractivity contribution in [3.05, 3.63) is 70.8 Å². The van der Waals surface area contributed by atoms with Gasteiger partial charge in [-0.2, -0.15) is 4.37 Å². The molecule has 2 aromatic carbocycles. The van der Waals surface area contributed by atoms with Gasteiger partial charge in [-0.25, -0.2) is 4.98 Å². The number of nitrogens with one attached hydrogen (secondary N) is 1. The molecule has 0 aliphatic rings. The van der Waals surface area contributed by atoms with Crippen LogP contribution in [0.3, 0.4) is 0 Å². The van der Waals surface area contributed by atoms with Gasteiger partial charge in [0.2, 0.25) is 5.91 Å². The number of para-hydroxylation sites is 2. The molecular formula is C22H20N4O3S. The SMILES string of the molecule is CCOc1ccccc1NC(=O)Cn1cnc2c(-c3cccc(C)c3)nsc2c1=O. The first-order valence-electron chi connectivity index (χ1n) is 9.50. The van der Waals surface area contributed by atoms with Crippen LogP contribution in [-0.2, 0) is 11.3 Å². The highest BCUT2D eigenvalue weighted by molar-refractivity contribution is 7.13. The first-order valence-corrected chi connectivity index (χ1v) is 10.3. The summed E-state index contributed by atoms with van der Waals surface area (Å²) in [6.45, 7) is 4.21. The van der Waals surface area contributed by atoms with Crippen molar-refractivity contribution in [1.29, 1.82) is 0 Å². The van der Waals surface area contributed by atoms with Crippen LogP contribution in [0.1, 0.15) is 12.5 Å². The van der Waals surface area contributed by atoms with Crippen molar-refractivity contribution in [3.8, 4) is 17.0 Å². The molecule has 30 heavy (non-hydrogen) atoms. The molecule has 0 fully saturated rings. The number of ether oxygens (including phenoxy) is 1. The van der Waals surface area contributed by atoms with Crippen LogP contribution < -0.4 is 15.6 Å². The van der Waals surface area contributed by atoms with Gasteiger partial charge in [0.15, 0.2) is 0 Å². The number of amides is 1. The molecule has 8 heteroatoms. The molecule has 0 saturated carbocycles. The minimum Gasteiger partial charge on any atom is -0.492 e. The number of aryl methyl sites for hydroxylation is 1. The fourth-order valence-electron chi connectivity index (χ4n) is 3.15. The van der Waals surface area contributed by atoms with Crippen LogP contribution in [0.25, 0.3) is 21.5 Å². The average Bonchev–Trinajstić information content (AvgIpc) is 3.17. The lowest BCUT2D eigenvalue weighted by Crippen LogP contribution is -2.27. The van der Waals surface area contributed by atoms with Crippen molar-refractivity contribution >= 4 is 33.3 Å². The Labute approximate surface area is 177 Å². The van der Waals surface area contributed by atoms with E-state index in [4.69, 9.17) is 4.74 Å². The number of hydrogen-bond donors (Lipinski definition) is 1. The third kappa shape index (κ3) is 3.95. The minimum atomic E-state index is -0.339. The maximum Gasteiger partial charge on any atom is 0.273 e. The molecule has 0 unspecified atom stereocenters. The molecule has 2 heterocycles. The van der Waals surface area contributed by atoms with Crippen LogP contribution in [0.2, 0.25) is 0 Å². The predicted molar refractivity (Wildman–Crippen MR) is 118 cm³/mol. The summed E-state index contributed by atoms with van der Waals surface area (Å²) < 4.78 is 11.7. The van der Waals surface area contributed by atoms with Gasteiger partial charge in [-0.1, -0.05) is 35.9 Å². The number of nitrogens with zero attached hydrogens (tertiary/aromatic N) is 3. The fraction of sp³-hybridized carbons (Fsp3) is 0.182. The van der Waals surface area contributed by atoms with Crippen molar-refractivity contribution < 1.29 is 9.53 Å². The van der Waals surface area contributed by atoms with Gasteiger partial charge in [-0.3, -0.25) is 14.2 Å². The molecule has 0 bridgehead atoms. The van der Waals surface area contributed by atoms with Crippen molar-refractivity contribution in [2.75, 3.05) is 11.9 Å². The molecule has 0 radical (unpaired) electrons. The summed E-state index contributed by atoms with van der Waals surface area (Å²) >= 11 is 1.10. The van der Waals surface area contributed by atoms with Crippen molar-refractivity contribution in [2.24, 2.45) is 0 Å². The van der Waals surface area contributed by atoms with Crippen molar-refractivity contribution in [1.82, 2.24) is 13.9 Å². The Morgan fingerprint density at radius 1 is 1.20 bits per heavy atom. The number of rotatable bonds is 6. The number of anilines is 1. The number of hydrogen-bond acceptors (Lipinski definition) is 6. The summed E-state index contributed by atoms with van der Waals surface area (Å²) in [7, 11) is 0. The van der Waals surface area contributed by atoms with E-state index < -0.39 is 0 Å². The molecule has 2 aromatic heterocycles. The van der Waals surface area contributed by atoms with Gasteiger partial charge in [0.1, 0.15) is 28.2 Å². The molecule has 0 atom stereocenters. The molecule has 1 amide bonds. The third-order valence-corrected chi connectivity index (χ3v) is 5.34. The number of benzene rings is 2. The summed E-state index contributed by atoms with van der Waals surface area (Å²) in [5.41, 5.74) is 3.52. The van der Waals surface area contributed by atoms with Crippen LogP contribution >= 0.6 is 11.5 Å². The highest BCUT2D eigenvalue weighted by atomic mass is 32.1. The Morgan fingerprint density at radius 2 is 2.03 bits per heavy atom. The van der Waals surface area contributed by atoms with E-state index in [2.05, 4.69) is 14.7 Å². The van der Waals surface area contributed by atoms with Crippen LogP contribution in [0, 0.1) is 6.92 Å². The molecule has 0 aliphatic heterocycles. The van der Waals surface area contributed by atoms with Crippen molar-refractivity contribution in [2.45, 2.75) is 20.4 Å². The molecule has 152 valence electrons. The van der Waals surface area contributed by atoms with Crippen LogP contribution in [0.4, 0.5) is 5.69 Å². The Bertz CT molecular complexity index is 1280. The quantitative estimate of drug-likeness (QED) is 0.512. The summed E-state index contributed by atoms with van der Waals surface area (Å²) in [6, 6.07) is 15.1. The summed E-state index contributed by atoms with van der Waals surface area (Å²) in [5.74, 6) is 0.244. The topological polar surface area (TPSA) is 86.1 Å². The predicted octanol–water partition coefficient (Wildman–Crippen LogP) is 3.87. The maximum absolute atomic E-state index is 12.9. The lowest BCUT2D eigenvalue weighted by molar-refractivity contribution is -0.116. The van der Waals surface area contributed by atoms with E-state index in [0.29, 0.717) is 34.0 Å².